The topological polar surface area (TPSA) is 75.7 Å². The second kappa shape index (κ2) is 8.62. The maximum Gasteiger partial charge on any atom is 0.264 e. The van der Waals surface area contributed by atoms with E-state index < -0.39 is 21.7 Å². The van der Waals surface area contributed by atoms with Crippen molar-refractivity contribution in [3.05, 3.63) is 76.2 Å². The molecule has 0 saturated carbocycles. The molecule has 152 valence electrons. The van der Waals surface area contributed by atoms with Crippen molar-refractivity contribution in [2.45, 2.75) is 11.4 Å². The van der Waals surface area contributed by atoms with Gasteiger partial charge in [0.05, 0.1) is 17.7 Å². The zero-order valence-corrected chi connectivity index (χ0v) is 17.4. The Balaban J connectivity index is 1.80. The summed E-state index contributed by atoms with van der Waals surface area (Å²) in [6.07, 6.45) is 0. The molecular weight excluding hydrogens is 415 g/mol. The third-order valence-corrected chi connectivity index (χ3v) is 6.99. The van der Waals surface area contributed by atoms with Crippen LogP contribution in [0.1, 0.15) is 15.2 Å². The molecule has 0 fully saturated rings. The number of nitrogens with zero attached hydrogens (tertiary/aromatic N) is 1. The van der Waals surface area contributed by atoms with Gasteiger partial charge in [-0.25, -0.2) is 12.8 Å². The predicted octanol–water partition coefficient (Wildman–Crippen LogP) is 3.65. The summed E-state index contributed by atoms with van der Waals surface area (Å²) in [5, 5.41) is 4.27. The molecule has 1 N–H and O–H groups in total. The third kappa shape index (κ3) is 4.41. The second-order valence-electron chi connectivity index (χ2n) is 6.06. The highest BCUT2D eigenvalue weighted by molar-refractivity contribution is 7.92. The first-order valence-electron chi connectivity index (χ1n) is 8.56. The Hall–Kier alpha value is -2.91. The Morgan fingerprint density at radius 2 is 1.83 bits per heavy atom. The summed E-state index contributed by atoms with van der Waals surface area (Å²) in [5.74, 6) is -0.358. The predicted molar refractivity (Wildman–Crippen MR) is 110 cm³/mol. The number of methoxy groups -OCH3 is 1. The van der Waals surface area contributed by atoms with E-state index in [1.807, 2.05) is 0 Å². The molecule has 2 aromatic carbocycles. The molecule has 3 aromatic rings. The molecule has 0 radical (unpaired) electrons. The lowest BCUT2D eigenvalue weighted by Crippen LogP contribution is -2.29. The number of rotatable bonds is 7. The van der Waals surface area contributed by atoms with Crippen molar-refractivity contribution in [3.63, 3.8) is 0 Å². The molecule has 0 spiro atoms. The number of thiophene rings is 1. The van der Waals surface area contributed by atoms with Gasteiger partial charge in [0, 0.05) is 19.2 Å². The van der Waals surface area contributed by atoms with Crippen LogP contribution in [0.2, 0.25) is 0 Å². The van der Waals surface area contributed by atoms with Gasteiger partial charge in [-0.05, 0) is 41.8 Å². The number of ether oxygens (including phenoxy) is 1. The molecule has 3 rings (SSSR count). The van der Waals surface area contributed by atoms with Crippen molar-refractivity contribution >= 4 is 33.0 Å². The smallest absolute Gasteiger partial charge is 0.264 e. The zero-order valence-electron chi connectivity index (χ0n) is 15.8. The molecule has 6 nitrogen and oxygen atoms in total. The van der Waals surface area contributed by atoms with Crippen LogP contribution in [0.4, 0.5) is 10.1 Å². The molecule has 1 amide bonds. The quantitative estimate of drug-likeness (QED) is 0.616. The molecule has 1 heterocycles. The molecular formula is C20H19FN2O4S2. The van der Waals surface area contributed by atoms with Crippen molar-refractivity contribution in [1.29, 1.82) is 0 Å². The minimum atomic E-state index is -3.87. The number of hydrogen-bond donors (Lipinski definition) is 1. The molecule has 0 aliphatic rings. The van der Waals surface area contributed by atoms with Gasteiger partial charge in [0.2, 0.25) is 0 Å². The number of amides is 1. The average Bonchev–Trinajstić information content (AvgIpc) is 3.22. The van der Waals surface area contributed by atoms with Gasteiger partial charge >= 0.3 is 0 Å². The van der Waals surface area contributed by atoms with Crippen molar-refractivity contribution < 1.29 is 22.3 Å². The normalized spacial score (nSPS) is 11.1. The summed E-state index contributed by atoms with van der Waals surface area (Å²) in [7, 11) is -0.995. The fraction of sp³-hybridized carbons (Fsp3) is 0.150. The van der Waals surface area contributed by atoms with Gasteiger partial charge in [0.15, 0.2) is 0 Å². The number of nitrogens with one attached hydrogen (secondary N) is 1. The van der Waals surface area contributed by atoms with Crippen LogP contribution >= 0.6 is 11.3 Å². The van der Waals surface area contributed by atoms with Crippen LogP contribution in [-0.2, 0) is 16.6 Å². The van der Waals surface area contributed by atoms with Crippen LogP contribution in [0.3, 0.4) is 0 Å². The van der Waals surface area contributed by atoms with Crippen LogP contribution in [0.5, 0.6) is 5.75 Å². The lowest BCUT2D eigenvalue weighted by atomic mass is 10.2. The van der Waals surface area contributed by atoms with Crippen LogP contribution in [0.25, 0.3) is 0 Å². The van der Waals surface area contributed by atoms with Crippen molar-refractivity contribution in [3.8, 4) is 5.75 Å². The monoisotopic (exact) mass is 434 g/mol. The maximum atomic E-state index is 13.7. The number of carbonyl (C=O) groups is 1. The van der Waals surface area contributed by atoms with Gasteiger partial charge in [-0.15, -0.1) is 11.3 Å². The fourth-order valence-corrected chi connectivity index (χ4v) is 4.76. The molecule has 29 heavy (non-hydrogen) atoms. The molecule has 0 aliphatic carbocycles. The van der Waals surface area contributed by atoms with E-state index >= 15 is 0 Å². The summed E-state index contributed by atoms with van der Waals surface area (Å²) in [6.45, 7) is -0.00219. The van der Waals surface area contributed by atoms with E-state index in [2.05, 4.69) is 5.32 Å². The van der Waals surface area contributed by atoms with Gasteiger partial charge in [0.1, 0.15) is 16.4 Å². The zero-order chi connectivity index (χ0) is 21.0. The Labute approximate surface area is 172 Å². The van der Waals surface area contributed by atoms with Gasteiger partial charge in [-0.3, -0.25) is 9.10 Å². The summed E-state index contributed by atoms with van der Waals surface area (Å²) in [4.78, 5) is 12.9. The number of sulfonamides is 1. The van der Waals surface area contributed by atoms with Gasteiger partial charge in [-0.1, -0.05) is 18.2 Å². The minimum absolute atomic E-state index is 0.00219. The van der Waals surface area contributed by atoms with Crippen molar-refractivity contribution in [2.75, 3.05) is 18.5 Å². The molecule has 0 atom stereocenters. The van der Waals surface area contributed by atoms with E-state index in [9.17, 15) is 17.6 Å². The molecule has 0 saturated heterocycles. The molecule has 0 aliphatic heterocycles. The number of carbonyl (C=O) groups excluding carboxylic acids is 1. The Morgan fingerprint density at radius 1 is 1.14 bits per heavy atom. The van der Waals surface area contributed by atoms with Crippen LogP contribution in [-0.4, -0.2) is 28.5 Å². The highest BCUT2D eigenvalue weighted by Gasteiger charge is 2.26. The first kappa shape index (κ1) is 20.8. The Morgan fingerprint density at radius 3 is 2.48 bits per heavy atom. The number of halogens is 1. The molecule has 1 aromatic heterocycles. The highest BCUT2D eigenvalue weighted by atomic mass is 32.2. The lowest BCUT2D eigenvalue weighted by Gasteiger charge is -2.20. The SMILES string of the molecule is COc1ccc(S(=O)(=O)N(C)c2ccsc2C(=O)NCc2ccccc2F)cc1. The molecule has 0 unspecified atom stereocenters. The summed E-state index contributed by atoms with van der Waals surface area (Å²) >= 11 is 1.11. The van der Waals surface area contributed by atoms with Gasteiger partial charge in [0.25, 0.3) is 15.9 Å². The summed E-state index contributed by atoms with van der Waals surface area (Å²) < 4.78 is 45.7. The first-order valence-corrected chi connectivity index (χ1v) is 10.9. The number of hydrogen-bond acceptors (Lipinski definition) is 5. The number of benzene rings is 2. The van der Waals surface area contributed by atoms with E-state index in [0.29, 0.717) is 11.3 Å². The van der Waals surface area contributed by atoms with Crippen LogP contribution in [0, 0.1) is 5.82 Å². The lowest BCUT2D eigenvalue weighted by molar-refractivity contribution is 0.0955. The van der Waals surface area contributed by atoms with E-state index in [4.69, 9.17) is 4.74 Å². The largest absolute Gasteiger partial charge is 0.497 e. The van der Waals surface area contributed by atoms with Crippen LogP contribution in [0.15, 0.2) is 64.9 Å². The standard InChI is InChI=1S/C20H19FN2O4S2/c1-23(29(25,26)16-9-7-15(27-2)8-10-16)18-11-12-28-19(18)20(24)22-13-14-5-3-4-6-17(14)21/h3-12H,13H2,1-2H3,(H,22,24). The number of anilines is 1. The van der Waals surface area contributed by atoms with E-state index in [1.165, 1.54) is 32.4 Å². The first-order chi connectivity index (χ1) is 13.8. The maximum absolute atomic E-state index is 13.7. The van der Waals surface area contributed by atoms with Gasteiger partial charge < -0.3 is 10.1 Å². The summed E-state index contributed by atoms with van der Waals surface area (Å²) in [5.41, 5.74) is 0.593. The minimum Gasteiger partial charge on any atom is -0.497 e. The van der Waals surface area contributed by atoms with Crippen molar-refractivity contribution in [2.24, 2.45) is 0 Å². The van der Waals surface area contributed by atoms with Crippen LogP contribution < -0.4 is 14.4 Å². The molecule has 9 heteroatoms. The third-order valence-electron chi connectivity index (χ3n) is 4.30. The Kier molecular flexibility index (Phi) is 6.19. The second-order valence-corrected chi connectivity index (χ2v) is 8.94. The van der Waals surface area contributed by atoms with E-state index in [-0.39, 0.29) is 22.0 Å². The van der Waals surface area contributed by atoms with E-state index in [1.54, 1.807) is 41.8 Å². The highest BCUT2D eigenvalue weighted by Crippen LogP contribution is 2.30. The van der Waals surface area contributed by atoms with E-state index in [0.717, 1.165) is 15.6 Å². The Bertz CT molecular complexity index is 1110. The van der Waals surface area contributed by atoms with Gasteiger partial charge in [-0.2, -0.15) is 0 Å². The fourth-order valence-electron chi connectivity index (χ4n) is 2.65. The summed E-state index contributed by atoms with van der Waals surface area (Å²) in [6, 6.07) is 13.7. The average molecular weight is 435 g/mol. The molecule has 0 bridgehead atoms. The van der Waals surface area contributed by atoms with Crippen molar-refractivity contribution in [1.82, 2.24) is 5.32 Å².